The molecule has 1 unspecified atom stereocenters. The molecule has 1 aromatic heterocycles. The highest BCUT2D eigenvalue weighted by molar-refractivity contribution is 7.11. The Morgan fingerprint density at radius 2 is 2.21 bits per heavy atom. The van der Waals surface area contributed by atoms with Crippen molar-refractivity contribution in [1.82, 2.24) is 4.90 Å². The highest BCUT2D eigenvalue weighted by atomic mass is 32.1. The number of hydrogen-bond donors (Lipinski definition) is 1. The van der Waals surface area contributed by atoms with Crippen LogP contribution in [0.5, 0.6) is 0 Å². The summed E-state index contributed by atoms with van der Waals surface area (Å²) in [5, 5.41) is 9.98. The van der Waals surface area contributed by atoms with Crippen molar-refractivity contribution >= 4 is 11.3 Å². The lowest BCUT2D eigenvalue weighted by molar-refractivity contribution is 0.0181. The van der Waals surface area contributed by atoms with Crippen molar-refractivity contribution < 1.29 is 9.84 Å². The number of aliphatic hydroxyl groups is 1. The van der Waals surface area contributed by atoms with Gasteiger partial charge in [-0.3, -0.25) is 4.90 Å². The van der Waals surface area contributed by atoms with Crippen molar-refractivity contribution in [3.63, 3.8) is 0 Å². The van der Waals surface area contributed by atoms with Gasteiger partial charge < -0.3 is 9.84 Å². The molecule has 0 saturated carbocycles. The van der Waals surface area contributed by atoms with Crippen LogP contribution in [-0.2, 0) is 11.3 Å². The highest BCUT2D eigenvalue weighted by Gasteiger charge is 2.16. The maximum Gasteiger partial charge on any atom is 0.0900 e. The summed E-state index contributed by atoms with van der Waals surface area (Å²) in [4.78, 5) is 4.94. The van der Waals surface area contributed by atoms with E-state index in [2.05, 4.69) is 44.4 Å². The van der Waals surface area contributed by atoms with Gasteiger partial charge in [0.1, 0.15) is 0 Å². The number of thiophene rings is 1. The molecule has 1 atom stereocenters. The quantitative estimate of drug-likeness (QED) is 0.559. The second-order valence-electron chi connectivity index (χ2n) is 5.02. The molecule has 1 heterocycles. The number of hydrogen-bond acceptors (Lipinski definition) is 4. The molecule has 1 rings (SSSR count). The Kier molecular flexibility index (Phi) is 7.31. The Labute approximate surface area is 120 Å². The molecule has 1 N–H and O–H groups in total. The van der Waals surface area contributed by atoms with Crippen molar-refractivity contribution in [1.29, 1.82) is 0 Å². The molecule has 0 saturated heterocycles. The molecule has 0 aliphatic heterocycles. The SMILES string of the molecule is C=CCOCC(O)CN(Cc1ccc(C)s1)C(C)C. The fraction of sp³-hybridized carbons (Fsp3) is 0.600. The maximum atomic E-state index is 9.98. The van der Waals surface area contributed by atoms with E-state index in [9.17, 15) is 5.11 Å². The smallest absolute Gasteiger partial charge is 0.0900 e. The summed E-state index contributed by atoms with van der Waals surface area (Å²) in [7, 11) is 0. The molecule has 0 aromatic carbocycles. The van der Waals surface area contributed by atoms with Crippen molar-refractivity contribution in [2.45, 2.75) is 39.5 Å². The lowest BCUT2D eigenvalue weighted by atomic mass is 10.2. The van der Waals surface area contributed by atoms with Gasteiger partial charge in [-0.25, -0.2) is 0 Å². The van der Waals surface area contributed by atoms with E-state index < -0.39 is 6.10 Å². The predicted octanol–water partition coefficient (Wildman–Crippen LogP) is 2.83. The molecule has 0 fully saturated rings. The number of nitrogens with zero attached hydrogens (tertiary/aromatic N) is 1. The fourth-order valence-electron chi connectivity index (χ4n) is 1.84. The van der Waals surface area contributed by atoms with E-state index in [1.165, 1.54) is 9.75 Å². The second-order valence-corrected chi connectivity index (χ2v) is 6.39. The zero-order valence-electron chi connectivity index (χ0n) is 12.1. The highest BCUT2D eigenvalue weighted by Crippen LogP contribution is 2.18. The van der Waals surface area contributed by atoms with E-state index in [0.29, 0.717) is 25.8 Å². The molecule has 0 aliphatic carbocycles. The van der Waals surface area contributed by atoms with E-state index in [1.54, 1.807) is 6.08 Å². The van der Waals surface area contributed by atoms with Gasteiger partial charge in [0.05, 0.1) is 19.3 Å². The van der Waals surface area contributed by atoms with Crippen LogP contribution in [0.1, 0.15) is 23.6 Å². The van der Waals surface area contributed by atoms with Crippen LogP contribution in [0.2, 0.25) is 0 Å². The first-order chi connectivity index (χ1) is 9.02. The third-order valence-electron chi connectivity index (χ3n) is 2.88. The van der Waals surface area contributed by atoms with Gasteiger partial charge in [-0.15, -0.1) is 17.9 Å². The monoisotopic (exact) mass is 283 g/mol. The summed E-state index contributed by atoms with van der Waals surface area (Å²) in [6.07, 6.45) is 1.24. The van der Waals surface area contributed by atoms with Crippen LogP contribution >= 0.6 is 11.3 Å². The van der Waals surface area contributed by atoms with Crippen LogP contribution in [-0.4, -0.2) is 41.9 Å². The molecular formula is C15H25NO2S. The normalized spacial score (nSPS) is 13.2. The van der Waals surface area contributed by atoms with E-state index in [-0.39, 0.29) is 0 Å². The molecule has 108 valence electrons. The number of ether oxygens (including phenoxy) is 1. The average Bonchev–Trinajstić information content (AvgIpc) is 2.74. The molecule has 0 amide bonds. The third kappa shape index (κ3) is 6.34. The predicted molar refractivity (Wildman–Crippen MR) is 81.6 cm³/mol. The summed E-state index contributed by atoms with van der Waals surface area (Å²) in [5.74, 6) is 0. The van der Waals surface area contributed by atoms with Gasteiger partial charge in [0.15, 0.2) is 0 Å². The number of aliphatic hydroxyl groups excluding tert-OH is 1. The number of aryl methyl sites for hydroxylation is 1. The van der Waals surface area contributed by atoms with Gasteiger partial charge in [0, 0.05) is 28.9 Å². The van der Waals surface area contributed by atoms with Gasteiger partial charge >= 0.3 is 0 Å². The van der Waals surface area contributed by atoms with E-state index in [1.807, 2.05) is 11.3 Å². The zero-order valence-corrected chi connectivity index (χ0v) is 12.9. The minimum absolute atomic E-state index is 0.360. The lowest BCUT2D eigenvalue weighted by Crippen LogP contribution is -2.38. The largest absolute Gasteiger partial charge is 0.389 e. The van der Waals surface area contributed by atoms with Crippen LogP contribution in [0.3, 0.4) is 0 Å². The van der Waals surface area contributed by atoms with Gasteiger partial charge in [-0.05, 0) is 32.9 Å². The molecule has 19 heavy (non-hydrogen) atoms. The zero-order chi connectivity index (χ0) is 14.3. The van der Waals surface area contributed by atoms with Crippen molar-refractivity contribution in [2.75, 3.05) is 19.8 Å². The minimum atomic E-state index is -0.455. The summed E-state index contributed by atoms with van der Waals surface area (Å²) < 4.78 is 5.29. The molecule has 0 radical (unpaired) electrons. The van der Waals surface area contributed by atoms with Crippen LogP contribution in [0.25, 0.3) is 0 Å². The first-order valence-corrected chi connectivity index (χ1v) is 7.50. The maximum absolute atomic E-state index is 9.98. The summed E-state index contributed by atoms with van der Waals surface area (Å²) in [5.41, 5.74) is 0. The Balaban J connectivity index is 2.46. The lowest BCUT2D eigenvalue weighted by Gasteiger charge is -2.28. The Morgan fingerprint density at radius 3 is 2.74 bits per heavy atom. The minimum Gasteiger partial charge on any atom is -0.389 e. The Hall–Kier alpha value is -0.680. The Bertz CT molecular complexity index is 376. The van der Waals surface area contributed by atoms with Gasteiger partial charge in [-0.2, -0.15) is 0 Å². The molecule has 4 heteroatoms. The average molecular weight is 283 g/mol. The molecule has 0 spiro atoms. The summed E-state index contributed by atoms with van der Waals surface area (Å²) >= 11 is 1.81. The van der Waals surface area contributed by atoms with Gasteiger partial charge in [0.25, 0.3) is 0 Å². The second kappa shape index (κ2) is 8.48. The molecule has 3 nitrogen and oxygen atoms in total. The molecule has 0 aliphatic rings. The first-order valence-electron chi connectivity index (χ1n) is 6.69. The van der Waals surface area contributed by atoms with E-state index >= 15 is 0 Å². The summed E-state index contributed by atoms with van der Waals surface area (Å²) in [6.45, 7) is 12.4. The topological polar surface area (TPSA) is 32.7 Å². The Morgan fingerprint density at radius 1 is 1.47 bits per heavy atom. The number of rotatable bonds is 9. The van der Waals surface area contributed by atoms with Crippen molar-refractivity contribution in [3.05, 3.63) is 34.5 Å². The first kappa shape index (κ1) is 16.4. The van der Waals surface area contributed by atoms with Crippen LogP contribution in [0, 0.1) is 6.92 Å². The molecule has 1 aromatic rings. The van der Waals surface area contributed by atoms with Crippen LogP contribution < -0.4 is 0 Å². The van der Waals surface area contributed by atoms with Gasteiger partial charge in [0.2, 0.25) is 0 Å². The van der Waals surface area contributed by atoms with Crippen molar-refractivity contribution in [2.24, 2.45) is 0 Å². The van der Waals surface area contributed by atoms with E-state index in [4.69, 9.17) is 4.74 Å². The van der Waals surface area contributed by atoms with Crippen LogP contribution in [0.4, 0.5) is 0 Å². The van der Waals surface area contributed by atoms with Crippen molar-refractivity contribution in [3.8, 4) is 0 Å². The standard InChI is InChI=1S/C15H25NO2S/c1-5-8-18-11-14(17)9-16(12(2)3)10-15-7-6-13(4)19-15/h5-7,12,14,17H,1,8-11H2,2-4H3. The van der Waals surface area contributed by atoms with Gasteiger partial charge in [-0.1, -0.05) is 6.08 Å². The van der Waals surface area contributed by atoms with E-state index in [0.717, 1.165) is 6.54 Å². The molecule has 0 bridgehead atoms. The fourth-order valence-corrected chi connectivity index (χ4v) is 2.76. The summed E-state index contributed by atoms with van der Waals surface area (Å²) in [6, 6.07) is 4.70. The molecular weight excluding hydrogens is 258 g/mol. The van der Waals surface area contributed by atoms with Crippen LogP contribution in [0.15, 0.2) is 24.8 Å². The third-order valence-corrected chi connectivity index (χ3v) is 3.86.